The Balaban J connectivity index is 2.15. The lowest BCUT2D eigenvalue weighted by Crippen LogP contribution is -2.37. The zero-order valence-electron chi connectivity index (χ0n) is 8.57. The molecule has 1 saturated heterocycles. The normalized spacial score (nSPS) is 27.5. The molecular weight excluding hydrogens is 174 g/mol. The summed E-state index contributed by atoms with van der Waals surface area (Å²) in [5, 5.41) is 3.33. The molecule has 0 amide bonds. The van der Waals surface area contributed by atoms with Gasteiger partial charge in [0, 0.05) is 12.6 Å². The lowest BCUT2D eigenvalue weighted by molar-refractivity contribution is -0.00854. The van der Waals surface area contributed by atoms with Gasteiger partial charge in [-0.2, -0.15) is 0 Å². The summed E-state index contributed by atoms with van der Waals surface area (Å²) in [6.07, 6.45) is 2.60. The number of ether oxygens (including phenoxy) is 1. The summed E-state index contributed by atoms with van der Waals surface area (Å²) in [5.41, 5.74) is 1.28. The van der Waals surface area contributed by atoms with Crippen LogP contribution in [-0.4, -0.2) is 19.7 Å². The lowest BCUT2D eigenvalue weighted by atomic mass is 9.96. The molecule has 1 aromatic rings. The summed E-state index contributed by atoms with van der Waals surface area (Å²) in [4.78, 5) is 0. The quantitative estimate of drug-likeness (QED) is 0.773. The van der Waals surface area contributed by atoms with Gasteiger partial charge in [0.15, 0.2) is 0 Å². The molecule has 0 spiro atoms. The third kappa shape index (κ3) is 1.97. The molecule has 0 aromatic heterocycles. The number of rotatable bonds is 2. The van der Waals surface area contributed by atoms with E-state index in [1.165, 1.54) is 12.0 Å². The number of nitrogens with one attached hydrogen (secondary N) is 1. The van der Waals surface area contributed by atoms with E-state index in [9.17, 15) is 0 Å². The molecule has 14 heavy (non-hydrogen) atoms. The maximum Gasteiger partial charge on any atom is 0.0977 e. The van der Waals surface area contributed by atoms with E-state index in [1.807, 2.05) is 13.1 Å². The smallest absolute Gasteiger partial charge is 0.0977 e. The van der Waals surface area contributed by atoms with Gasteiger partial charge in [0.25, 0.3) is 0 Å². The van der Waals surface area contributed by atoms with E-state index in [0.29, 0.717) is 6.04 Å². The Morgan fingerprint density at radius 1 is 1.29 bits per heavy atom. The van der Waals surface area contributed by atoms with Crippen LogP contribution in [-0.2, 0) is 4.74 Å². The molecule has 2 rings (SSSR count). The fraction of sp³-hybridized carbons (Fsp3) is 0.500. The molecule has 1 N–H and O–H groups in total. The monoisotopic (exact) mass is 191 g/mol. The highest BCUT2D eigenvalue weighted by Gasteiger charge is 2.25. The molecule has 0 radical (unpaired) electrons. The SMILES string of the molecule is CN[C@H]1CCCO[C@@H]1c1ccccc1. The molecule has 1 aliphatic rings. The highest BCUT2D eigenvalue weighted by molar-refractivity contribution is 5.19. The summed E-state index contributed by atoms with van der Waals surface area (Å²) in [6.45, 7) is 0.887. The van der Waals surface area contributed by atoms with E-state index in [2.05, 4.69) is 29.6 Å². The van der Waals surface area contributed by atoms with Gasteiger partial charge in [0.2, 0.25) is 0 Å². The zero-order valence-corrected chi connectivity index (χ0v) is 8.57. The number of hydrogen-bond acceptors (Lipinski definition) is 2. The van der Waals surface area contributed by atoms with Gasteiger partial charge >= 0.3 is 0 Å². The molecule has 2 atom stereocenters. The molecule has 76 valence electrons. The van der Waals surface area contributed by atoms with Crippen molar-refractivity contribution in [2.24, 2.45) is 0 Å². The van der Waals surface area contributed by atoms with Crippen LogP contribution in [0.15, 0.2) is 30.3 Å². The molecule has 1 aromatic carbocycles. The van der Waals surface area contributed by atoms with Crippen LogP contribution in [0.4, 0.5) is 0 Å². The first-order chi connectivity index (χ1) is 6.92. The molecule has 2 heteroatoms. The number of benzene rings is 1. The first-order valence-electron chi connectivity index (χ1n) is 5.25. The van der Waals surface area contributed by atoms with E-state index in [4.69, 9.17) is 4.74 Å². The zero-order chi connectivity index (χ0) is 9.80. The van der Waals surface area contributed by atoms with E-state index in [0.717, 1.165) is 13.0 Å². The topological polar surface area (TPSA) is 21.3 Å². The molecule has 1 aliphatic heterocycles. The van der Waals surface area contributed by atoms with Crippen molar-refractivity contribution in [2.45, 2.75) is 25.0 Å². The Morgan fingerprint density at radius 3 is 2.79 bits per heavy atom. The van der Waals surface area contributed by atoms with Gasteiger partial charge in [0.1, 0.15) is 0 Å². The molecule has 1 heterocycles. The summed E-state index contributed by atoms with van der Waals surface area (Å²) >= 11 is 0. The maximum atomic E-state index is 5.80. The van der Waals surface area contributed by atoms with Gasteiger partial charge in [-0.1, -0.05) is 30.3 Å². The molecule has 0 unspecified atom stereocenters. The van der Waals surface area contributed by atoms with Crippen LogP contribution in [0.2, 0.25) is 0 Å². The van der Waals surface area contributed by atoms with E-state index < -0.39 is 0 Å². The summed E-state index contributed by atoms with van der Waals surface area (Å²) < 4.78 is 5.80. The molecule has 0 aliphatic carbocycles. The van der Waals surface area contributed by atoms with Gasteiger partial charge in [-0.05, 0) is 25.5 Å². The van der Waals surface area contributed by atoms with E-state index in [1.54, 1.807) is 0 Å². The van der Waals surface area contributed by atoms with Gasteiger partial charge < -0.3 is 10.1 Å². The molecule has 0 bridgehead atoms. The fourth-order valence-corrected chi connectivity index (χ4v) is 2.05. The summed E-state index contributed by atoms with van der Waals surface area (Å²) in [7, 11) is 2.01. The summed E-state index contributed by atoms with van der Waals surface area (Å²) in [6, 6.07) is 10.9. The highest BCUT2D eigenvalue weighted by atomic mass is 16.5. The van der Waals surface area contributed by atoms with Crippen LogP contribution in [0.1, 0.15) is 24.5 Å². The Labute approximate surface area is 85.3 Å². The minimum Gasteiger partial charge on any atom is -0.372 e. The Morgan fingerprint density at radius 2 is 2.07 bits per heavy atom. The summed E-state index contributed by atoms with van der Waals surface area (Å²) in [5.74, 6) is 0. The minimum absolute atomic E-state index is 0.231. The van der Waals surface area contributed by atoms with Crippen molar-refractivity contribution in [3.63, 3.8) is 0 Å². The molecule has 2 nitrogen and oxygen atoms in total. The fourth-order valence-electron chi connectivity index (χ4n) is 2.05. The van der Waals surface area contributed by atoms with Crippen LogP contribution in [0.25, 0.3) is 0 Å². The third-order valence-corrected chi connectivity index (χ3v) is 2.82. The average Bonchev–Trinajstić information content (AvgIpc) is 2.30. The molecular formula is C12H17NO. The maximum absolute atomic E-state index is 5.80. The second-order valence-electron chi connectivity index (χ2n) is 3.74. The van der Waals surface area contributed by atoms with E-state index in [-0.39, 0.29) is 6.10 Å². The van der Waals surface area contributed by atoms with Gasteiger partial charge in [-0.15, -0.1) is 0 Å². The van der Waals surface area contributed by atoms with Crippen molar-refractivity contribution in [3.05, 3.63) is 35.9 Å². The van der Waals surface area contributed by atoms with E-state index >= 15 is 0 Å². The lowest BCUT2D eigenvalue weighted by Gasteiger charge is -2.31. The van der Waals surface area contributed by atoms with Gasteiger partial charge in [0.05, 0.1) is 6.10 Å². The van der Waals surface area contributed by atoms with Crippen molar-refractivity contribution in [1.82, 2.24) is 5.32 Å². The first kappa shape index (κ1) is 9.69. The number of hydrogen-bond donors (Lipinski definition) is 1. The van der Waals surface area contributed by atoms with Crippen molar-refractivity contribution < 1.29 is 4.74 Å². The van der Waals surface area contributed by atoms with Crippen molar-refractivity contribution in [2.75, 3.05) is 13.7 Å². The largest absolute Gasteiger partial charge is 0.372 e. The highest BCUT2D eigenvalue weighted by Crippen LogP contribution is 2.27. The number of likely N-dealkylation sites (N-methyl/N-ethyl adjacent to an activating group) is 1. The predicted molar refractivity (Wildman–Crippen MR) is 57.2 cm³/mol. The first-order valence-corrected chi connectivity index (χ1v) is 5.25. The van der Waals surface area contributed by atoms with Crippen molar-refractivity contribution >= 4 is 0 Å². The molecule has 1 fully saturated rings. The second-order valence-corrected chi connectivity index (χ2v) is 3.74. The second kappa shape index (κ2) is 4.58. The van der Waals surface area contributed by atoms with Crippen LogP contribution < -0.4 is 5.32 Å². The third-order valence-electron chi connectivity index (χ3n) is 2.82. The predicted octanol–water partition coefficient (Wildman–Crippen LogP) is 2.13. The van der Waals surface area contributed by atoms with Crippen molar-refractivity contribution in [1.29, 1.82) is 0 Å². The Hall–Kier alpha value is -0.860. The molecule has 0 saturated carbocycles. The Bertz CT molecular complexity index is 273. The average molecular weight is 191 g/mol. The van der Waals surface area contributed by atoms with Gasteiger partial charge in [-0.3, -0.25) is 0 Å². The minimum atomic E-state index is 0.231. The van der Waals surface area contributed by atoms with Gasteiger partial charge in [-0.25, -0.2) is 0 Å². The standard InChI is InChI=1S/C12H17NO/c1-13-11-8-5-9-14-12(11)10-6-3-2-4-7-10/h2-4,6-7,11-13H,5,8-9H2,1H3/t11-,12+/m0/s1. The Kier molecular flexibility index (Phi) is 3.17. The van der Waals surface area contributed by atoms with Crippen LogP contribution in [0.5, 0.6) is 0 Å². The van der Waals surface area contributed by atoms with Crippen LogP contribution >= 0.6 is 0 Å². The van der Waals surface area contributed by atoms with Crippen molar-refractivity contribution in [3.8, 4) is 0 Å². The van der Waals surface area contributed by atoms with Crippen LogP contribution in [0.3, 0.4) is 0 Å². The van der Waals surface area contributed by atoms with Crippen LogP contribution in [0, 0.1) is 0 Å².